The molecule has 0 spiro atoms. The van der Waals surface area contributed by atoms with E-state index in [1.807, 2.05) is 24.3 Å². The molecule has 0 fully saturated rings. The van der Waals surface area contributed by atoms with E-state index in [9.17, 15) is 5.11 Å². The van der Waals surface area contributed by atoms with E-state index in [2.05, 4.69) is 129 Å². The maximum Gasteiger partial charge on any atom is 0.124 e. The zero-order valence-electron chi connectivity index (χ0n) is 31.8. The average Bonchev–Trinajstić information content (AvgIpc) is 3.93. The number of fused-ring (bicyclic) bond motifs is 4. The van der Waals surface area contributed by atoms with Crippen LogP contribution in [-0.4, -0.2) is 72.3 Å². The number of aliphatic hydroxyl groups excluding tert-OH is 1. The molecule has 1 N–H and O–H groups in total. The summed E-state index contributed by atoms with van der Waals surface area (Å²) in [6.45, 7) is 15.1. The number of aromatic nitrogens is 8. The van der Waals surface area contributed by atoms with Crippen LogP contribution < -0.4 is 0 Å². The lowest BCUT2D eigenvalue weighted by Gasteiger charge is -2.29. The van der Waals surface area contributed by atoms with Crippen LogP contribution in [0.5, 0.6) is 0 Å². The minimum atomic E-state index is -0.678. The lowest BCUT2D eigenvalue weighted by atomic mass is 10.2. The highest BCUT2D eigenvalue weighted by molar-refractivity contribution is 5.78. The van der Waals surface area contributed by atoms with Gasteiger partial charge in [-0.2, -0.15) is 0 Å². The van der Waals surface area contributed by atoms with Gasteiger partial charge in [-0.3, -0.25) is 9.80 Å². The summed E-state index contributed by atoms with van der Waals surface area (Å²) in [5, 5.41) is 12.2. The van der Waals surface area contributed by atoms with Crippen molar-refractivity contribution < 1.29 is 5.11 Å². The monoisotopic (exact) mass is 722 g/mol. The van der Waals surface area contributed by atoms with Crippen molar-refractivity contribution in [2.24, 2.45) is 0 Å². The lowest BCUT2D eigenvalue weighted by Crippen LogP contribution is -2.41. The molecule has 0 unspecified atom stereocenters. The number of para-hydroxylation sites is 8. The molecule has 0 bridgehead atoms. The second kappa shape index (κ2) is 15.5. The van der Waals surface area contributed by atoms with Crippen molar-refractivity contribution in [1.82, 2.24) is 48.0 Å². The molecule has 0 atom stereocenters. The van der Waals surface area contributed by atoms with Gasteiger partial charge in [-0.15, -0.1) is 0 Å². The van der Waals surface area contributed by atoms with E-state index in [1.165, 1.54) is 0 Å². The quantitative estimate of drug-likeness (QED) is 0.112. The van der Waals surface area contributed by atoms with Gasteiger partial charge in [0.2, 0.25) is 0 Å². The third kappa shape index (κ3) is 6.90. The van der Waals surface area contributed by atoms with E-state index >= 15 is 0 Å². The van der Waals surface area contributed by atoms with Crippen molar-refractivity contribution in [2.75, 3.05) is 13.1 Å². The fourth-order valence-corrected chi connectivity index (χ4v) is 8.22. The molecule has 11 heteroatoms. The van der Waals surface area contributed by atoms with Crippen molar-refractivity contribution >= 4 is 44.1 Å². The van der Waals surface area contributed by atoms with E-state index in [4.69, 9.17) is 19.9 Å². The van der Waals surface area contributed by atoms with Gasteiger partial charge in [-0.05, 0) is 76.2 Å². The number of aliphatic hydroxyl groups is 1. The first-order valence-electron chi connectivity index (χ1n) is 19.4. The third-order valence-electron chi connectivity index (χ3n) is 10.6. The van der Waals surface area contributed by atoms with Gasteiger partial charge in [0, 0.05) is 39.3 Å². The number of aryl methyl sites for hydroxylation is 4. The molecule has 0 saturated heterocycles. The second-order valence-corrected chi connectivity index (χ2v) is 14.0. The molecule has 8 rings (SSSR count). The molecule has 0 aliphatic heterocycles. The molecule has 4 heterocycles. The first kappa shape index (κ1) is 35.7. The normalized spacial score (nSPS) is 12.3. The number of imidazole rings is 4. The Morgan fingerprint density at radius 2 is 0.667 bits per heavy atom. The van der Waals surface area contributed by atoms with Crippen LogP contribution in [0.2, 0.25) is 0 Å². The molecular formula is C43H50N10O. The van der Waals surface area contributed by atoms with Crippen LogP contribution in [0.4, 0.5) is 0 Å². The summed E-state index contributed by atoms with van der Waals surface area (Å²) in [5.41, 5.74) is 8.44. The first-order valence-corrected chi connectivity index (χ1v) is 19.4. The molecule has 0 saturated carbocycles. The Labute approximate surface area is 316 Å². The number of nitrogens with zero attached hydrogens (tertiary/aromatic N) is 10. The van der Waals surface area contributed by atoms with E-state index in [-0.39, 0.29) is 0 Å². The standard InChI is InChI=1S/C43H50N10O/c1-5-50-36-21-13-9-17-32(36)44-40(50)27-48(28-41-45-33-18-10-14-22-37(33)51(41)6-2)25-31(54)26-49(29-42-46-34-19-11-15-23-38(34)52(42)7-3)30-43-47-35-20-12-16-24-39(35)53(43)8-4/h9-24,31,54H,5-8,25-30H2,1-4H3. The van der Waals surface area contributed by atoms with Crippen molar-refractivity contribution in [2.45, 2.75) is 86.2 Å². The highest BCUT2D eigenvalue weighted by Crippen LogP contribution is 2.24. The van der Waals surface area contributed by atoms with Crippen molar-refractivity contribution in [3.8, 4) is 0 Å². The summed E-state index contributed by atoms with van der Waals surface area (Å²) in [6.07, 6.45) is -0.678. The van der Waals surface area contributed by atoms with E-state index in [0.717, 1.165) is 93.6 Å². The maximum absolute atomic E-state index is 12.2. The first-order chi connectivity index (χ1) is 26.5. The lowest BCUT2D eigenvalue weighted by molar-refractivity contribution is 0.0585. The van der Waals surface area contributed by atoms with Crippen molar-refractivity contribution in [1.29, 1.82) is 0 Å². The van der Waals surface area contributed by atoms with Crippen molar-refractivity contribution in [3.63, 3.8) is 0 Å². The summed E-state index contributed by atoms with van der Waals surface area (Å²) in [4.78, 5) is 25.0. The molecule has 0 amide bonds. The fraction of sp³-hybridized carbons (Fsp3) is 0.349. The topological polar surface area (TPSA) is 98.0 Å². The van der Waals surface area contributed by atoms with Crippen LogP contribution in [-0.2, 0) is 52.4 Å². The van der Waals surface area contributed by atoms with Gasteiger partial charge in [0.05, 0.1) is 76.4 Å². The molecule has 54 heavy (non-hydrogen) atoms. The van der Waals surface area contributed by atoms with Gasteiger partial charge < -0.3 is 23.4 Å². The predicted octanol–water partition coefficient (Wildman–Crippen LogP) is 7.23. The Morgan fingerprint density at radius 3 is 0.907 bits per heavy atom. The average molecular weight is 723 g/mol. The third-order valence-corrected chi connectivity index (χ3v) is 10.6. The molecular weight excluding hydrogens is 673 g/mol. The Morgan fingerprint density at radius 1 is 0.426 bits per heavy atom. The van der Waals surface area contributed by atoms with E-state index in [1.54, 1.807) is 0 Å². The Hall–Kier alpha value is -5.36. The van der Waals surface area contributed by atoms with Gasteiger partial charge in [-0.1, -0.05) is 48.5 Å². The van der Waals surface area contributed by atoms with Crippen LogP contribution in [0.3, 0.4) is 0 Å². The number of rotatable bonds is 16. The number of hydrogen-bond acceptors (Lipinski definition) is 7. The smallest absolute Gasteiger partial charge is 0.124 e. The van der Waals surface area contributed by atoms with Crippen LogP contribution in [0.25, 0.3) is 44.1 Å². The van der Waals surface area contributed by atoms with E-state index in [0.29, 0.717) is 39.3 Å². The van der Waals surface area contributed by atoms with E-state index < -0.39 is 6.10 Å². The largest absolute Gasteiger partial charge is 0.390 e. The van der Waals surface area contributed by atoms with Crippen LogP contribution >= 0.6 is 0 Å². The summed E-state index contributed by atoms with van der Waals surface area (Å²) in [5.74, 6) is 3.93. The molecule has 8 aromatic rings. The minimum absolute atomic E-state index is 0.435. The predicted molar refractivity (Wildman–Crippen MR) is 216 cm³/mol. The maximum atomic E-state index is 12.2. The Bertz CT molecular complexity index is 2180. The van der Waals surface area contributed by atoms with Crippen LogP contribution in [0.1, 0.15) is 51.0 Å². The molecule has 11 nitrogen and oxygen atoms in total. The summed E-state index contributed by atoms with van der Waals surface area (Å²) in [6, 6.07) is 33.3. The van der Waals surface area contributed by atoms with Gasteiger partial charge in [-0.25, -0.2) is 19.9 Å². The zero-order chi connectivity index (χ0) is 37.2. The molecule has 0 radical (unpaired) electrons. The SMILES string of the molecule is CCn1c(CN(Cc2nc3ccccc3n2CC)CC(O)CN(Cc2nc3ccccc3n2CC)Cc2nc3ccccc3n2CC)nc2ccccc21. The van der Waals surface area contributed by atoms with Gasteiger partial charge >= 0.3 is 0 Å². The minimum Gasteiger partial charge on any atom is -0.390 e. The number of hydrogen-bond donors (Lipinski definition) is 1. The highest BCUT2D eigenvalue weighted by atomic mass is 16.3. The molecule has 4 aromatic heterocycles. The van der Waals surface area contributed by atoms with Crippen LogP contribution in [0.15, 0.2) is 97.1 Å². The zero-order valence-corrected chi connectivity index (χ0v) is 31.8. The Kier molecular flexibility index (Phi) is 10.3. The Balaban J connectivity index is 1.13. The summed E-state index contributed by atoms with van der Waals surface area (Å²) >= 11 is 0. The van der Waals surface area contributed by atoms with Gasteiger partial charge in [0.25, 0.3) is 0 Å². The molecule has 0 aliphatic rings. The summed E-state index contributed by atoms with van der Waals surface area (Å²) in [7, 11) is 0. The van der Waals surface area contributed by atoms with Crippen LogP contribution in [0, 0.1) is 0 Å². The molecule has 4 aromatic carbocycles. The second-order valence-electron chi connectivity index (χ2n) is 14.0. The fourth-order valence-electron chi connectivity index (χ4n) is 8.22. The van der Waals surface area contributed by atoms with Crippen molar-refractivity contribution in [3.05, 3.63) is 120 Å². The summed E-state index contributed by atoms with van der Waals surface area (Å²) < 4.78 is 9.14. The highest BCUT2D eigenvalue weighted by Gasteiger charge is 2.24. The van der Waals surface area contributed by atoms with Gasteiger partial charge in [0.15, 0.2) is 0 Å². The number of benzene rings is 4. The molecule has 278 valence electrons. The molecule has 0 aliphatic carbocycles. The van der Waals surface area contributed by atoms with Gasteiger partial charge in [0.1, 0.15) is 23.3 Å².